The molecule has 0 atom stereocenters. The van der Waals surface area contributed by atoms with Crippen molar-refractivity contribution in [2.75, 3.05) is 12.4 Å². The maximum absolute atomic E-state index is 13.0. The topological polar surface area (TPSA) is 73.2 Å². The van der Waals surface area contributed by atoms with Crippen molar-refractivity contribution < 1.29 is 9.53 Å². The Morgan fingerprint density at radius 3 is 2.70 bits per heavy atom. The Morgan fingerprint density at radius 2 is 1.97 bits per heavy atom. The number of nitrogens with zero attached hydrogens (tertiary/aromatic N) is 2. The number of nitrogens with one attached hydrogen (secondary N) is 1. The van der Waals surface area contributed by atoms with Gasteiger partial charge in [-0.2, -0.15) is 0 Å². The first-order chi connectivity index (χ1) is 14.5. The number of carbonyl (C=O) groups excluding carboxylic acids is 1. The summed E-state index contributed by atoms with van der Waals surface area (Å²) in [5.74, 6) is 0.510. The van der Waals surface area contributed by atoms with Crippen molar-refractivity contribution in [3.63, 3.8) is 0 Å². The van der Waals surface area contributed by atoms with Gasteiger partial charge in [0.05, 0.1) is 23.7 Å². The number of aromatic nitrogens is 2. The number of thiophene rings is 1. The van der Waals surface area contributed by atoms with E-state index >= 15 is 0 Å². The molecule has 0 aliphatic heterocycles. The molecular weight excluding hydrogens is 398 g/mol. The Labute approximate surface area is 177 Å². The molecule has 0 fully saturated rings. The highest BCUT2D eigenvalue weighted by molar-refractivity contribution is 7.20. The zero-order valence-corrected chi connectivity index (χ0v) is 17.7. The smallest absolute Gasteiger partial charge is 0.266 e. The molecule has 6 nitrogen and oxygen atoms in total. The van der Waals surface area contributed by atoms with Gasteiger partial charge in [-0.1, -0.05) is 30.3 Å². The molecule has 4 rings (SSSR count). The van der Waals surface area contributed by atoms with E-state index in [-0.39, 0.29) is 11.5 Å². The lowest BCUT2D eigenvalue weighted by Gasteiger charge is -2.12. The number of ether oxygens (including phenoxy) is 1. The van der Waals surface area contributed by atoms with Crippen LogP contribution in [0.3, 0.4) is 0 Å². The van der Waals surface area contributed by atoms with Gasteiger partial charge in [0.2, 0.25) is 0 Å². The predicted molar refractivity (Wildman–Crippen MR) is 120 cm³/mol. The Kier molecular flexibility index (Phi) is 5.37. The molecule has 7 heteroatoms. The van der Waals surface area contributed by atoms with Gasteiger partial charge in [0.25, 0.3) is 11.5 Å². The second kappa shape index (κ2) is 8.12. The minimum atomic E-state index is -0.256. The van der Waals surface area contributed by atoms with E-state index in [2.05, 4.69) is 22.4 Å². The molecule has 0 unspecified atom stereocenters. The van der Waals surface area contributed by atoms with Crippen molar-refractivity contribution in [1.29, 1.82) is 0 Å². The summed E-state index contributed by atoms with van der Waals surface area (Å²) in [6.45, 7) is 1.78. The molecule has 0 saturated carbocycles. The second-order valence-corrected chi connectivity index (χ2v) is 8.04. The van der Waals surface area contributed by atoms with E-state index in [0.717, 1.165) is 16.9 Å². The molecule has 0 spiro atoms. The SMILES string of the molecule is COc1ccc(NC(=O)c2sc3ncn(C)c(=O)c3c2C)cc1Cc1ccccc1. The van der Waals surface area contributed by atoms with E-state index in [1.807, 2.05) is 36.4 Å². The highest BCUT2D eigenvalue weighted by Crippen LogP contribution is 2.29. The van der Waals surface area contributed by atoms with Gasteiger partial charge in [0.1, 0.15) is 10.6 Å². The van der Waals surface area contributed by atoms with Gasteiger partial charge >= 0.3 is 0 Å². The van der Waals surface area contributed by atoms with Crippen molar-refractivity contribution in [1.82, 2.24) is 9.55 Å². The van der Waals surface area contributed by atoms with Crippen LogP contribution in [-0.4, -0.2) is 22.6 Å². The van der Waals surface area contributed by atoms with E-state index in [4.69, 9.17) is 4.74 Å². The van der Waals surface area contributed by atoms with E-state index in [1.54, 1.807) is 21.1 Å². The van der Waals surface area contributed by atoms with Crippen LogP contribution >= 0.6 is 11.3 Å². The van der Waals surface area contributed by atoms with Gasteiger partial charge in [-0.25, -0.2) is 4.98 Å². The fourth-order valence-corrected chi connectivity index (χ4v) is 4.46. The molecule has 30 heavy (non-hydrogen) atoms. The molecule has 0 aliphatic rings. The zero-order valence-electron chi connectivity index (χ0n) is 16.9. The molecule has 2 aromatic heterocycles. The van der Waals surface area contributed by atoms with Crippen molar-refractivity contribution in [2.24, 2.45) is 7.05 Å². The van der Waals surface area contributed by atoms with Crippen LogP contribution < -0.4 is 15.6 Å². The first-order valence-electron chi connectivity index (χ1n) is 9.45. The number of amides is 1. The summed E-state index contributed by atoms with van der Waals surface area (Å²) in [4.78, 5) is 30.7. The number of anilines is 1. The predicted octanol–water partition coefficient (Wildman–Crippen LogP) is 4.16. The van der Waals surface area contributed by atoms with E-state index in [1.165, 1.54) is 22.2 Å². The fraction of sp³-hybridized carbons (Fsp3) is 0.174. The van der Waals surface area contributed by atoms with Crippen LogP contribution in [0.1, 0.15) is 26.4 Å². The summed E-state index contributed by atoms with van der Waals surface area (Å²) in [6, 6.07) is 15.7. The number of benzene rings is 2. The number of fused-ring (bicyclic) bond motifs is 1. The second-order valence-electron chi connectivity index (χ2n) is 7.04. The first kappa shape index (κ1) is 19.8. The van der Waals surface area contributed by atoms with Gasteiger partial charge in [0.15, 0.2) is 0 Å². The summed E-state index contributed by atoms with van der Waals surface area (Å²) < 4.78 is 6.91. The lowest BCUT2D eigenvalue weighted by atomic mass is 10.0. The summed E-state index contributed by atoms with van der Waals surface area (Å²) in [5.41, 5.74) is 3.30. The Hall–Kier alpha value is -3.45. The third kappa shape index (κ3) is 3.71. The molecule has 2 heterocycles. The van der Waals surface area contributed by atoms with Crippen molar-refractivity contribution in [3.8, 4) is 5.75 Å². The Morgan fingerprint density at radius 1 is 1.20 bits per heavy atom. The molecule has 1 N–H and O–H groups in total. The molecule has 1 amide bonds. The van der Waals surface area contributed by atoms with E-state index in [0.29, 0.717) is 32.8 Å². The molecule has 0 saturated heterocycles. The number of methoxy groups -OCH3 is 1. The van der Waals surface area contributed by atoms with Gasteiger partial charge in [-0.05, 0) is 36.2 Å². The maximum Gasteiger partial charge on any atom is 0.266 e. The zero-order chi connectivity index (χ0) is 21.3. The molecule has 0 bridgehead atoms. The fourth-order valence-electron chi connectivity index (χ4n) is 3.42. The summed E-state index contributed by atoms with van der Waals surface area (Å²) in [6.07, 6.45) is 2.16. The molecule has 0 aliphatic carbocycles. The summed E-state index contributed by atoms with van der Waals surface area (Å²) in [5, 5.41) is 3.45. The van der Waals surface area contributed by atoms with Crippen LogP contribution in [0.25, 0.3) is 10.2 Å². The molecule has 4 aromatic rings. The normalized spacial score (nSPS) is 10.9. The van der Waals surface area contributed by atoms with Gasteiger partial charge in [-0.15, -0.1) is 11.3 Å². The monoisotopic (exact) mass is 419 g/mol. The molecule has 2 aromatic carbocycles. The highest BCUT2D eigenvalue weighted by Gasteiger charge is 2.19. The Bertz CT molecular complexity index is 1290. The average molecular weight is 420 g/mol. The third-order valence-electron chi connectivity index (χ3n) is 4.99. The number of hydrogen-bond acceptors (Lipinski definition) is 5. The van der Waals surface area contributed by atoms with E-state index in [9.17, 15) is 9.59 Å². The van der Waals surface area contributed by atoms with Crippen LogP contribution in [0, 0.1) is 6.92 Å². The van der Waals surface area contributed by atoms with Gasteiger partial charge in [0, 0.05) is 24.7 Å². The lowest BCUT2D eigenvalue weighted by molar-refractivity contribution is 0.103. The van der Waals surface area contributed by atoms with Crippen LogP contribution in [0.4, 0.5) is 5.69 Å². The van der Waals surface area contributed by atoms with Gasteiger partial charge in [-0.3, -0.25) is 9.59 Å². The summed E-state index contributed by atoms with van der Waals surface area (Å²) in [7, 11) is 3.29. The summed E-state index contributed by atoms with van der Waals surface area (Å²) >= 11 is 1.23. The Balaban J connectivity index is 1.64. The van der Waals surface area contributed by atoms with Crippen LogP contribution in [0.15, 0.2) is 59.7 Å². The maximum atomic E-state index is 13.0. The minimum absolute atomic E-state index is 0.151. The molecule has 152 valence electrons. The number of hydrogen-bond donors (Lipinski definition) is 1. The quantitative estimate of drug-likeness (QED) is 0.527. The largest absolute Gasteiger partial charge is 0.496 e. The third-order valence-corrected chi connectivity index (χ3v) is 6.19. The lowest BCUT2D eigenvalue weighted by Crippen LogP contribution is -2.17. The van der Waals surface area contributed by atoms with Crippen LogP contribution in [0.5, 0.6) is 5.75 Å². The number of rotatable bonds is 5. The van der Waals surface area contributed by atoms with Gasteiger partial charge < -0.3 is 14.6 Å². The molecule has 0 radical (unpaired) electrons. The van der Waals surface area contributed by atoms with Crippen molar-refractivity contribution >= 4 is 33.1 Å². The number of aryl methyl sites for hydroxylation is 2. The number of carbonyl (C=O) groups is 1. The van der Waals surface area contributed by atoms with Crippen molar-refractivity contribution in [3.05, 3.63) is 86.8 Å². The van der Waals surface area contributed by atoms with Crippen LogP contribution in [0.2, 0.25) is 0 Å². The van der Waals surface area contributed by atoms with Crippen LogP contribution in [-0.2, 0) is 13.5 Å². The standard InChI is InChI=1S/C23H21N3O3S/c1-14-19-22(24-13-26(2)23(19)28)30-20(14)21(27)25-17-9-10-18(29-3)16(12-17)11-15-7-5-4-6-8-15/h4-10,12-13H,11H2,1-3H3,(H,25,27). The highest BCUT2D eigenvalue weighted by atomic mass is 32.1. The van der Waals surface area contributed by atoms with E-state index < -0.39 is 0 Å². The van der Waals surface area contributed by atoms with Crippen molar-refractivity contribution in [2.45, 2.75) is 13.3 Å². The first-order valence-corrected chi connectivity index (χ1v) is 10.3. The average Bonchev–Trinajstić information content (AvgIpc) is 3.09. The molecular formula is C23H21N3O3S. The minimum Gasteiger partial charge on any atom is -0.496 e.